The summed E-state index contributed by atoms with van der Waals surface area (Å²) < 4.78 is 0. The van der Waals surface area contributed by atoms with E-state index in [1.165, 1.54) is 42.8 Å². The average molecular weight is 222 g/mol. The summed E-state index contributed by atoms with van der Waals surface area (Å²) in [6.07, 6.45) is 8.79. The Balaban J connectivity index is 1.76. The number of hydrogen-bond acceptors (Lipinski definition) is 3. The molecular weight excluding hydrogens is 204 g/mol. The fourth-order valence-corrected chi connectivity index (χ4v) is 3.48. The molecule has 0 spiro atoms. The first-order chi connectivity index (χ1) is 7.26. The van der Waals surface area contributed by atoms with Crippen molar-refractivity contribution in [2.75, 3.05) is 0 Å². The number of rotatable bonds is 3. The van der Waals surface area contributed by atoms with Gasteiger partial charge >= 0.3 is 0 Å². The fourth-order valence-electron chi connectivity index (χ4n) is 2.46. The Kier molecular flexibility index (Phi) is 2.33. The van der Waals surface area contributed by atoms with E-state index in [9.17, 15) is 0 Å². The molecule has 3 rings (SSSR count). The lowest BCUT2D eigenvalue weighted by atomic mass is 9.96. The summed E-state index contributed by atoms with van der Waals surface area (Å²) in [5, 5.41) is 3.51. The van der Waals surface area contributed by atoms with Crippen molar-refractivity contribution in [3.8, 4) is 0 Å². The van der Waals surface area contributed by atoms with Crippen molar-refractivity contribution in [2.24, 2.45) is 11.7 Å². The summed E-state index contributed by atoms with van der Waals surface area (Å²) in [4.78, 5) is 4.74. The highest BCUT2D eigenvalue weighted by molar-refractivity contribution is 7.09. The van der Waals surface area contributed by atoms with Crippen molar-refractivity contribution < 1.29 is 0 Å². The molecule has 15 heavy (non-hydrogen) atoms. The van der Waals surface area contributed by atoms with Gasteiger partial charge in [0.15, 0.2) is 0 Å². The van der Waals surface area contributed by atoms with Crippen molar-refractivity contribution in [1.29, 1.82) is 0 Å². The van der Waals surface area contributed by atoms with Crippen LogP contribution in [0.3, 0.4) is 0 Å². The third-order valence-electron chi connectivity index (χ3n) is 3.72. The first-order valence-corrected chi connectivity index (χ1v) is 6.88. The quantitative estimate of drug-likeness (QED) is 0.854. The zero-order valence-corrected chi connectivity index (χ0v) is 9.85. The molecule has 1 heterocycles. The second-order valence-corrected chi connectivity index (χ2v) is 6.08. The molecule has 0 radical (unpaired) electrons. The molecule has 3 heteroatoms. The Morgan fingerprint density at radius 2 is 2.13 bits per heavy atom. The van der Waals surface area contributed by atoms with Gasteiger partial charge in [0.2, 0.25) is 0 Å². The molecule has 2 saturated carbocycles. The molecule has 0 atom stereocenters. The molecule has 2 nitrogen and oxygen atoms in total. The molecule has 0 unspecified atom stereocenters. The van der Waals surface area contributed by atoms with E-state index in [1.807, 2.05) is 11.3 Å². The van der Waals surface area contributed by atoms with Gasteiger partial charge in [-0.1, -0.05) is 12.8 Å². The smallest absolute Gasteiger partial charge is 0.0931 e. The topological polar surface area (TPSA) is 38.9 Å². The van der Waals surface area contributed by atoms with Crippen LogP contribution in [0.1, 0.15) is 49.2 Å². The van der Waals surface area contributed by atoms with E-state index in [0.717, 1.165) is 18.8 Å². The largest absolute Gasteiger partial charge is 0.320 e. The van der Waals surface area contributed by atoms with Crippen LogP contribution in [-0.4, -0.2) is 4.98 Å². The van der Waals surface area contributed by atoms with Crippen LogP contribution in [0.4, 0.5) is 0 Å². The summed E-state index contributed by atoms with van der Waals surface area (Å²) in [5.41, 5.74) is 7.47. The minimum Gasteiger partial charge on any atom is -0.320 e. The summed E-state index contributed by atoms with van der Waals surface area (Å²) in [6.45, 7) is 0. The second kappa shape index (κ2) is 3.56. The van der Waals surface area contributed by atoms with Gasteiger partial charge in [-0.15, -0.1) is 11.3 Å². The fraction of sp³-hybridized carbons (Fsp3) is 0.750. The van der Waals surface area contributed by atoms with E-state index < -0.39 is 0 Å². The van der Waals surface area contributed by atoms with Crippen molar-refractivity contribution in [3.05, 3.63) is 16.1 Å². The predicted octanol–water partition coefficient (Wildman–Crippen LogP) is 2.82. The lowest BCUT2D eigenvalue weighted by Crippen LogP contribution is -2.33. The Labute approximate surface area is 94.9 Å². The molecule has 0 bridgehead atoms. The van der Waals surface area contributed by atoms with Crippen molar-refractivity contribution >= 4 is 11.3 Å². The van der Waals surface area contributed by atoms with Crippen molar-refractivity contribution in [2.45, 2.75) is 50.5 Å². The molecule has 2 aliphatic carbocycles. The Morgan fingerprint density at radius 3 is 2.80 bits per heavy atom. The van der Waals surface area contributed by atoms with Gasteiger partial charge < -0.3 is 5.73 Å². The molecule has 2 N–H and O–H groups in total. The Morgan fingerprint density at radius 1 is 1.40 bits per heavy atom. The van der Waals surface area contributed by atoms with Gasteiger partial charge in [0, 0.05) is 11.8 Å². The zero-order chi connectivity index (χ0) is 10.3. The molecular formula is C12H18N2S. The van der Waals surface area contributed by atoms with Crippen LogP contribution < -0.4 is 5.73 Å². The number of aromatic nitrogens is 1. The van der Waals surface area contributed by atoms with Gasteiger partial charge in [-0.05, 0) is 31.6 Å². The number of nitrogens with two attached hydrogens (primary N) is 1. The van der Waals surface area contributed by atoms with Crippen LogP contribution in [0.5, 0.6) is 0 Å². The van der Waals surface area contributed by atoms with Gasteiger partial charge in [-0.2, -0.15) is 0 Å². The predicted molar refractivity (Wildman–Crippen MR) is 62.9 cm³/mol. The van der Waals surface area contributed by atoms with Crippen LogP contribution in [-0.2, 0) is 12.0 Å². The number of hydrogen-bond donors (Lipinski definition) is 1. The molecule has 1 aromatic rings. The van der Waals surface area contributed by atoms with E-state index in [2.05, 4.69) is 5.38 Å². The molecule has 0 aliphatic heterocycles. The van der Waals surface area contributed by atoms with Gasteiger partial charge in [0.05, 0.1) is 16.2 Å². The lowest BCUT2D eigenvalue weighted by Gasteiger charge is -2.20. The Bertz CT molecular complexity index is 348. The zero-order valence-electron chi connectivity index (χ0n) is 9.04. The molecule has 0 amide bonds. The van der Waals surface area contributed by atoms with Crippen molar-refractivity contribution in [1.82, 2.24) is 4.98 Å². The van der Waals surface area contributed by atoms with E-state index in [-0.39, 0.29) is 5.54 Å². The highest BCUT2D eigenvalue weighted by Gasteiger charge is 2.33. The molecule has 0 saturated heterocycles. The average Bonchev–Trinajstić information content (AvgIpc) is 2.73. The van der Waals surface area contributed by atoms with E-state index in [0.29, 0.717) is 0 Å². The van der Waals surface area contributed by atoms with Crippen LogP contribution in [0, 0.1) is 5.92 Å². The normalized spacial score (nSPS) is 24.6. The molecule has 2 fully saturated rings. The molecule has 2 aliphatic rings. The summed E-state index contributed by atoms with van der Waals surface area (Å²) in [5.74, 6) is 0.932. The standard InChI is InChI=1S/C12H18N2S/c13-12(5-1-2-6-12)10-8-15-11(14-10)7-9-3-4-9/h8-9H,1-7,13H2. The van der Waals surface area contributed by atoms with Crippen molar-refractivity contribution in [3.63, 3.8) is 0 Å². The minimum atomic E-state index is -0.0850. The van der Waals surface area contributed by atoms with Crippen LogP contribution in [0.25, 0.3) is 0 Å². The van der Waals surface area contributed by atoms with Gasteiger partial charge in [0.25, 0.3) is 0 Å². The third-order valence-corrected chi connectivity index (χ3v) is 4.59. The highest BCUT2D eigenvalue weighted by atomic mass is 32.1. The van der Waals surface area contributed by atoms with Gasteiger partial charge in [0.1, 0.15) is 0 Å². The maximum absolute atomic E-state index is 6.38. The monoisotopic (exact) mass is 222 g/mol. The number of nitrogens with zero attached hydrogens (tertiary/aromatic N) is 1. The summed E-state index contributed by atoms with van der Waals surface area (Å²) >= 11 is 1.81. The van der Waals surface area contributed by atoms with Crippen LogP contribution in [0.15, 0.2) is 5.38 Å². The van der Waals surface area contributed by atoms with Crippen LogP contribution in [0.2, 0.25) is 0 Å². The summed E-state index contributed by atoms with van der Waals surface area (Å²) in [6, 6.07) is 0. The molecule has 82 valence electrons. The van der Waals surface area contributed by atoms with E-state index in [1.54, 1.807) is 0 Å². The van der Waals surface area contributed by atoms with E-state index in [4.69, 9.17) is 10.7 Å². The first kappa shape index (κ1) is 9.79. The van der Waals surface area contributed by atoms with E-state index >= 15 is 0 Å². The van der Waals surface area contributed by atoms with Gasteiger partial charge in [-0.25, -0.2) is 4.98 Å². The minimum absolute atomic E-state index is 0.0850. The van der Waals surface area contributed by atoms with Crippen LogP contribution >= 0.6 is 11.3 Å². The SMILES string of the molecule is NC1(c2csc(CC3CC3)n2)CCCC1. The lowest BCUT2D eigenvalue weighted by molar-refractivity contribution is 0.448. The number of thiazole rings is 1. The maximum Gasteiger partial charge on any atom is 0.0931 e. The molecule has 0 aromatic carbocycles. The second-order valence-electron chi connectivity index (χ2n) is 5.14. The van der Waals surface area contributed by atoms with Gasteiger partial charge in [-0.3, -0.25) is 0 Å². The Hall–Kier alpha value is -0.410. The third kappa shape index (κ3) is 1.95. The maximum atomic E-state index is 6.38. The first-order valence-electron chi connectivity index (χ1n) is 6.00. The summed E-state index contributed by atoms with van der Waals surface area (Å²) in [7, 11) is 0. The molecule has 1 aromatic heterocycles. The highest BCUT2D eigenvalue weighted by Crippen LogP contribution is 2.38.